The van der Waals surface area contributed by atoms with Gasteiger partial charge in [-0.05, 0) is 24.3 Å². The molecule has 0 aliphatic carbocycles. The molecule has 0 radical (unpaired) electrons. The molecule has 2 aromatic rings. The molecule has 0 bridgehead atoms. The van der Waals surface area contributed by atoms with Crippen LogP contribution in [0.15, 0.2) is 36.7 Å². The number of fused-ring (bicyclic) bond motifs is 1. The van der Waals surface area contributed by atoms with Crippen molar-refractivity contribution in [3.05, 3.63) is 36.7 Å². The first-order valence-electron chi connectivity index (χ1n) is 3.78. The molecule has 0 fully saturated rings. The molecule has 2 heterocycles. The van der Waals surface area contributed by atoms with E-state index in [9.17, 15) is 0 Å². The van der Waals surface area contributed by atoms with Gasteiger partial charge < -0.3 is 9.79 Å². The van der Waals surface area contributed by atoms with E-state index in [0.29, 0.717) is 0 Å². The fraction of sp³-hybridized carbons (Fsp3) is 0. The topological polar surface area (TPSA) is 83.3 Å². The van der Waals surface area contributed by atoms with E-state index < -0.39 is 8.25 Å². The van der Waals surface area contributed by atoms with Crippen molar-refractivity contribution in [3.63, 3.8) is 0 Å². The van der Waals surface area contributed by atoms with Crippen LogP contribution in [0.25, 0.3) is 11.0 Å². The Hall–Kier alpha value is -1.29. The Morgan fingerprint density at radius 2 is 1.50 bits per heavy atom. The van der Waals surface area contributed by atoms with Gasteiger partial charge in [0.1, 0.15) is 0 Å². The number of aromatic nitrogens is 2. The molecule has 0 saturated heterocycles. The van der Waals surface area contributed by atoms with Crippen molar-refractivity contribution in [2.24, 2.45) is 0 Å². The van der Waals surface area contributed by atoms with Gasteiger partial charge in [-0.1, -0.05) is 0 Å². The number of nitrogens with zero attached hydrogens (tertiary/aromatic N) is 2. The van der Waals surface area contributed by atoms with Crippen molar-refractivity contribution in [2.45, 2.75) is 0 Å². The van der Waals surface area contributed by atoms with Gasteiger partial charge in [0, 0.05) is 17.8 Å². The molecule has 2 rings (SSSR count). The normalized spacial score (nSPS) is 9.64. The average molecular weight is 212 g/mol. The SMILES string of the molecule is O=[PH](O)O.c1cnc2ncccc2c1. The molecule has 0 unspecified atom stereocenters. The predicted molar refractivity (Wildman–Crippen MR) is 53.0 cm³/mol. The van der Waals surface area contributed by atoms with Crippen molar-refractivity contribution in [3.8, 4) is 0 Å². The Morgan fingerprint density at radius 1 is 1.07 bits per heavy atom. The monoisotopic (exact) mass is 212 g/mol. The minimum atomic E-state index is -3.13. The summed E-state index contributed by atoms with van der Waals surface area (Å²) >= 11 is 0. The Morgan fingerprint density at radius 3 is 1.86 bits per heavy atom. The summed E-state index contributed by atoms with van der Waals surface area (Å²) in [6, 6.07) is 7.80. The third-order valence-corrected chi connectivity index (χ3v) is 1.38. The van der Waals surface area contributed by atoms with Gasteiger partial charge >= 0.3 is 8.25 Å². The fourth-order valence-corrected chi connectivity index (χ4v) is 0.908. The quantitative estimate of drug-likeness (QED) is 0.636. The Balaban J connectivity index is 0.000000213. The highest BCUT2D eigenvalue weighted by Crippen LogP contribution is 2.04. The second kappa shape index (κ2) is 5.44. The van der Waals surface area contributed by atoms with E-state index in [4.69, 9.17) is 14.4 Å². The van der Waals surface area contributed by atoms with Crippen LogP contribution >= 0.6 is 8.25 Å². The zero-order valence-corrected chi connectivity index (χ0v) is 8.16. The van der Waals surface area contributed by atoms with Gasteiger partial charge in [0.15, 0.2) is 5.65 Å². The molecule has 0 spiro atoms. The summed E-state index contributed by atoms with van der Waals surface area (Å²) in [6.07, 6.45) is 3.49. The lowest BCUT2D eigenvalue weighted by Gasteiger charge is -1.90. The molecule has 0 aliphatic heterocycles. The van der Waals surface area contributed by atoms with E-state index in [1.807, 2.05) is 24.3 Å². The minimum absolute atomic E-state index is 0.810. The summed E-state index contributed by atoms with van der Waals surface area (Å²) in [5.74, 6) is 0. The molecule has 2 N–H and O–H groups in total. The number of hydrogen-bond acceptors (Lipinski definition) is 3. The maximum absolute atomic E-state index is 8.74. The average Bonchev–Trinajstić information content (AvgIpc) is 2.17. The van der Waals surface area contributed by atoms with E-state index in [1.165, 1.54) is 0 Å². The van der Waals surface area contributed by atoms with Gasteiger partial charge in [-0.25, -0.2) is 9.97 Å². The van der Waals surface area contributed by atoms with Crippen LogP contribution < -0.4 is 0 Å². The van der Waals surface area contributed by atoms with Crippen LogP contribution in [0.1, 0.15) is 0 Å². The van der Waals surface area contributed by atoms with Gasteiger partial charge in [-0.3, -0.25) is 4.57 Å². The van der Waals surface area contributed by atoms with Crippen LogP contribution in [0.3, 0.4) is 0 Å². The number of hydrogen-bond donors (Lipinski definition) is 2. The molecule has 0 aromatic carbocycles. The molecule has 0 amide bonds. The van der Waals surface area contributed by atoms with Crippen LogP contribution in [-0.4, -0.2) is 19.8 Å². The molecule has 74 valence electrons. The molecule has 0 saturated carbocycles. The zero-order chi connectivity index (χ0) is 10.4. The minimum Gasteiger partial charge on any atom is -0.326 e. The fourth-order valence-electron chi connectivity index (χ4n) is 0.908. The molecular formula is C8H9N2O3P. The third-order valence-electron chi connectivity index (χ3n) is 1.38. The van der Waals surface area contributed by atoms with Crippen LogP contribution in [0.2, 0.25) is 0 Å². The molecule has 2 aromatic heterocycles. The van der Waals surface area contributed by atoms with Crippen LogP contribution in [-0.2, 0) is 4.57 Å². The van der Waals surface area contributed by atoms with E-state index in [-0.39, 0.29) is 0 Å². The lowest BCUT2D eigenvalue weighted by molar-refractivity contribution is 0.405. The summed E-state index contributed by atoms with van der Waals surface area (Å²) in [5, 5.41) is 1.09. The summed E-state index contributed by atoms with van der Waals surface area (Å²) in [5.41, 5.74) is 0.810. The molecule has 0 aliphatic rings. The van der Waals surface area contributed by atoms with E-state index in [1.54, 1.807) is 12.4 Å². The van der Waals surface area contributed by atoms with Crippen molar-refractivity contribution in [1.29, 1.82) is 0 Å². The maximum atomic E-state index is 8.74. The summed E-state index contributed by atoms with van der Waals surface area (Å²) < 4.78 is 8.74. The highest BCUT2D eigenvalue weighted by molar-refractivity contribution is 7.30. The second-order valence-electron chi connectivity index (χ2n) is 2.34. The summed E-state index contributed by atoms with van der Waals surface area (Å²) in [6.45, 7) is 0. The van der Waals surface area contributed by atoms with Gasteiger partial charge in [0.25, 0.3) is 0 Å². The van der Waals surface area contributed by atoms with Crippen molar-refractivity contribution < 1.29 is 14.4 Å². The van der Waals surface area contributed by atoms with Crippen LogP contribution in [0, 0.1) is 0 Å². The molecule has 6 heteroatoms. The zero-order valence-electron chi connectivity index (χ0n) is 7.16. The largest absolute Gasteiger partial charge is 0.326 e. The molecule has 14 heavy (non-hydrogen) atoms. The van der Waals surface area contributed by atoms with Crippen molar-refractivity contribution in [1.82, 2.24) is 9.97 Å². The summed E-state index contributed by atoms with van der Waals surface area (Å²) in [4.78, 5) is 22.5. The Bertz CT molecular complexity index is 366. The highest BCUT2D eigenvalue weighted by atomic mass is 31.1. The molecular weight excluding hydrogens is 203 g/mol. The maximum Gasteiger partial charge on any atom is 0.314 e. The molecule has 5 nitrogen and oxygen atoms in total. The standard InChI is InChI=1S/C8H6N2.H3O3P/c1-3-7-4-2-6-10-8(7)9-5-1;1-4(2)3/h1-6H;4H,(H2,1,2,3). The lowest BCUT2D eigenvalue weighted by atomic mass is 10.3. The first-order chi connectivity index (χ1) is 6.70. The molecule has 0 atom stereocenters. The highest BCUT2D eigenvalue weighted by Gasteiger charge is 1.88. The first-order valence-corrected chi connectivity index (χ1v) is 5.08. The van der Waals surface area contributed by atoms with E-state index >= 15 is 0 Å². The van der Waals surface area contributed by atoms with Crippen LogP contribution in [0.4, 0.5) is 0 Å². The Labute approximate surface area is 81.0 Å². The summed E-state index contributed by atoms with van der Waals surface area (Å²) in [7, 11) is -3.13. The van der Waals surface area contributed by atoms with Gasteiger partial charge in [0.2, 0.25) is 0 Å². The van der Waals surface area contributed by atoms with Gasteiger partial charge in [0.05, 0.1) is 0 Å². The van der Waals surface area contributed by atoms with Crippen molar-refractivity contribution >= 4 is 19.3 Å². The first kappa shape index (κ1) is 10.8. The van der Waals surface area contributed by atoms with E-state index in [0.717, 1.165) is 11.0 Å². The number of rotatable bonds is 0. The van der Waals surface area contributed by atoms with Gasteiger partial charge in [-0.15, -0.1) is 0 Å². The lowest BCUT2D eigenvalue weighted by Crippen LogP contribution is -1.78. The van der Waals surface area contributed by atoms with E-state index in [2.05, 4.69) is 9.97 Å². The second-order valence-corrected chi connectivity index (χ2v) is 2.90. The van der Waals surface area contributed by atoms with Crippen molar-refractivity contribution in [2.75, 3.05) is 0 Å². The third kappa shape index (κ3) is 3.62. The number of pyridine rings is 2. The Kier molecular flexibility index (Phi) is 4.19. The predicted octanol–water partition coefficient (Wildman–Crippen LogP) is 0.990. The smallest absolute Gasteiger partial charge is 0.314 e. The van der Waals surface area contributed by atoms with Gasteiger partial charge in [-0.2, -0.15) is 0 Å². The van der Waals surface area contributed by atoms with Crippen LogP contribution in [0.5, 0.6) is 0 Å².